The number of nitrogens with one attached hydrogen (secondary N) is 1. The summed E-state index contributed by atoms with van der Waals surface area (Å²) in [6.07, 6.45) is 1.66. The van der Waals surface area contributed by atoms with E-state index in [1.165, 1.54) is 6.92 Å². The van der Waals surface area contributed by atoms with Gasteiger partial charge in [0.2, 0.25) is 0 Å². The number of nitrogens with zero attached hydrogens (tertiary/aromatic N) is 1. The molecule has 0 radical (unpaired) electrons. The smallest absolute Gasteiger partial charge is 0.194 e. The monoisotopic (exact) mass is 244 g/mol. The van der Waals surface area contributed by atoms with Crippen molar-refractivity contribution in [2.75, 3.05) is 7.11 Å². The van der Waals surface area contributed by atoms with Gasteiger partial charge in [-0.15, -0.1) is 0 Å². The van der Waals surface area contributed by atoms with E-state index in [2.05, 4.69) is 16.0 Å². The van der Waals surface area contributed by atoms with Crippen molar-refractivity contribution in [2.45, 2.75) is 20.8 Å². The molecule has 1 aromatic carbocycles. The van der Waals surface area contributed by atoms with Crippen molar-refractivity contribution in [3.8, 4) is 17.0 Å². The highest BCUT2D eigenvalue weighted by Crippen LogP contribution is 2.33. The van der Waals surface area contributed by atoms with Crippen LogP contribution in [-0.2, 0) is 0 Å². The number of benzene rings is 1. The standard InChI is InChI=1S/C14H16N2O2/c1-8-5-9(2)13(12(6-8)18-4)11-7-15-14(16-11)10(3)17/h5-7H,1-4H3,(H,15,16). The molecule has 0 spiro atoms. The van der Waals surface area contributed by atoms with Crippen LogP contribution in [0, 0.1) is 13.8 Å². The van der Waals surface area contributed by atoms with Gasteiger partial charge in [-0.3, -0.25) is 4.79 Å². The van der Waals surface area contributed by atoms with Crippen molar-refractivity contribution in [3.05, 3.63) is 35.3 Å². The lowest BCUT2D eigenvalue weighted by Crippen LogP contribution is -1.96. The molecular weight excluding hydrogens is 228 g/mol. The number of hydrogen-bond donors (Lipinski definition) is 1. The van der Waals surface area contributed by atoms with Gasteiger partial charge in [-0.2, -0.15) is 0 Å². The summed E-state index contributed by atoms with van der Waals surface area (Å²) in [6, 6.07) is 4.04. The molecule has 0 aliphatic heterocycles. The highest BCUT2D eigenvalue weighted by atomic mass is 16.5. The molecule has 2 rings (SSSR count). The number of H-pyrrole nitrogens is 1. The fraction of sp³-hybridized carbons (Fsp3) is 0.286. The van der Waals surface area contributed by atoms with Gasteiger partial charge in [0.15, 0.2) is 11.6 Å². The lowest BCUT2D eigenvalue weighted by atomic mass is 10.0. The number of carbonyl (C=O) groups is 1. The van der Waals surface area contributed by atoms with E-state index in [1.54, 1.807) is 13.3 Å². The van der Waals surface area contributed by atoms with E-state index in [-0.39, 0.29) is 5.78 Å². The SMILES string of the molecule is COc1cc(C)cc(C)c1-c1cnc(C(C)=O)[nH]1. The molecule has 0 bridgehead atoms. The van der Waals surface area contributed by atoms with Crippen molar-refractivity contribution in [1.82, 2.24) is 9.97 Å². The Morgan fingerprint density at radius 1 is 1.33 bits per heavy atom. The molecular formula is C14H16N2O2. The maximum atomic E-state index is 11.3. The van der Waals surface area contributed by atoms with Gasteiger partial charge in [-0.1, -0.05) is 6.07 Å². The molecule has 0 saturated carbocycles. The molecule has 2 aromatic rings. The zero-order valence-electron chi connectivity index (χ0n) is 11.0. The fourth-order valence-electron chi connectivity index (χ4n) is 2.06. The van der Waals surface area contributed by atoms with Crippen LogP contribution in [0.5, 0.6) is 5.75 Å². The van der Waals surface area contributed by atoms with E-state index < -0.39 is 0 Å². The highest BCUT2D eigenvalue weighted by molar-refractivity contribution is 5.91. The topological polar surface area (TPSA) is 55.0 Å². The van der Waals surface area contributed by atoms with E-state index in [0.717, 1.165) is 28.1 Å². The number of carbonyl (C=O) groups excluding carboxylic acids is 1. The number of rotatable bonds is 3. The number of Topliss-reactive ketones (excluding diaryl/α,β-unsaturated/α-hetero) is 1. The summed E-state index contributed by atoms with van der Waals surface area (Å²) >= 11 is 0. The van der Waals surface area contributed by atoms with Gasteiger partial charge >= 0.3 is 0 Å². The van der Waals surface area contributed by atoms with Crippen LogP contribution in [-0.4, -0.2) is 22.9 Å². The van der Waals surface area contributed by atoms with Gasteiger partial charge in [-0.25, -0.2) is 4.98 Å². The second-order valence-corrected chi connectivity index (χ2v) is 4.36. The van der Waals surface area contributed by atoms with Crippen molar-refractivity contribution < 1.29 is 9.53 Å². The van der Waals surface area contributed by atoms with Gasteiger partial charge in [0.1, 0.15) is 5.75 Å². The number of aromatic nitrogens is 2. The molecule has 0 aliphatic rings. The normalized spacial score (nSPS) is 10.4. The Balaban J connectivity index is 2.58. The maximum Gasteiger partial charge on any atom is 0.194 e. The van der Waals surface area contributed by atoms with Crippen molar-refractivity contribution in [3.63, 3.8) is 0 Å². The molecule has 0 saturated heterocycles. The van der Waals surface area contributed by atoms with Crippen molar-refractivity contribution in [1.29, 1.82) is 0 Å². The lowest BCUT2D eigenvalue weighted by molar-refractivity contribution is 0.100. The third kappa shape index (κ3) is 2.14. The van der Waals surface area contributed by atoms with Crippen LogP contribution in [0.15, 0.2) is 18.3 Å². The maximum absolute atomic E-state index is 11.3. The molecule has 4 nitrogen and oxygen atoms in total. The quantitative estimate of drug-likeness (QED) is 0.844. The minimum absolute atomic E-state index is 0.0787. The average molecular weight is 244 g/mol. The molecule has 18 heavy (non-hydrogen) atoms. The predicted molar refractivity (Wildman–Crippen MR) is 70.1 cm³/mol. The fourth-order valence-corrected chi connectivity index (χ4v) is 2.06. The van der Waals surface area contributed by atoms with Crippen LogP contribution in [0.4, 0.5) is 0 Å². The van der Waals surface area contributed by atoms with Crippen molar-refractivity contribution in [2.24, 2.45) is 0 Å². The van der Waals surface area contributed by atoms with E-state index in [4.69, 9.17) is 4.74 Å². The molecule has 0 aliphatic carbocycles. The van der Waals surface area contributed by atoms with Gasteiger partial charge in [0.05, 0.1) is 19.0 Å². The summed E-state index contributed by atoms with van der Waals surface area (Å²) in [7, 11) is 1.64. The summed E-state index contributed by atoms with van der Waals surface area (Å²) in [4.78, 5) is 18.4. The number of imidazole rings is 1. The average Bonchev–Trinajstić information content (AvgIpc) is 2.77. The second kappa shape index (κ2) is 4.64. The van der Waals surface area contributed by atoms with Crippen LogP contribution in [0.1, 0.15) is 28.7 Å². The van der Waals surface area contributed by atoms with Crippen LogP contribution in [0.3, 0.4) is 0 Å². The van der Waals surface area contributed by atoms with E-state index >= 15 is 0 Å². The first kappa shape index (κ1) is 12.4. The molecule has 0 amide bonds. The minimum atomic E-state index is -0.0787. The van der Waals surface area contributed by atoms with Crippen LogP contribution >= 0.6 is 0 Å². The first-order valence-corrected chi connectivity index (χ1v) is 5.74. The largest absolute Gasteiger partial charge is 0.496 e. The van der Waals surface area contributed by atoms with E-state index in [9.17, 15) is 4.79 Å². The number of hydrogen-bond acceptors (Lipinski definition) is 3. The highest BCUT2D eigenvalue weighted by Gasteiger charge is 2.14. The van der Waals surface area contributed by atoms with Gasteiger partial charge in [0.25, 0.3) is 0 Å². The molecule has 4 heteroatoms. The molecule has 94 valence electrons. The third-order valence-electron chi connectivity index (χ3n) is 2.84. The summed E-state index contributed by atoms with van der Waals surface area (Å²) in [5.41, 5.74) is 3.97. The number of aromatic amines is 1. The molecule has 1 aromatic heterocycles. The zero-order chi connectivity index (χ0) is 13.3. The molecule has 0 atom stereocenters. The predicted octanol–water partition coefficient (Wildman–Crippen LogP) is 2.90. The van der Waals surface area contributed by atoms with Crippen LogP contribution in [0.2, 0.25) is 0 Å². The van der Waals surface area contributed by atoms with Gasteiger partial charge < -0.3 is 9.72 Å². The Kier molecular flexibility index (Phi) is 3.19. The zero-order valence-corrected chi connectivity index (χ0v) is 11.0. The minimum Gasteiger partial charge on any atom is -0.496 e. The second-order valence-electron chi connectivity index (χ2n) is 4.36. The summed E-state index contributed by atoms with van der Waals surface area (Å²) < 4.78 is 5.40. The first-order chi connectivity index (χ1) is 8.52. The Morgan fingerprint density at radius 3 is 2.61 bits per heavy atom. The first-order valence-electron chi connectivity index (χ1n) is 5.74. The molecule has 1 N–H and O–H groups in total. The summed E-state index contributed by atoms with van der Waals surface area (Å²) in [6.45, 7) is 5.52. The molecule has 0 fully saturated rings. The Hall–Kier alpha value is -2.10. The Bertz CT molecular complexity index is 600. The number of aryl methyl sites for hydroxylation is 2. The Labute approximate surface area is 106 Å². The molecule has 1 heterocycles. The number of ether oxygens (including phenoxy) is 1. The van der Waals surface area contributed by atoms with Gasteiger partial charge in [0, 0.05) is 12.5 Å². The lowest BCUT2D eigenvalue weighted by Gasteiger charge is -2.11. The Morgan fingerprint density at radius 2 is 2.06 bits per heavy atom. The van der Waals surface area contributed by atoms with Crippen molar-refractivity contribution >= 4 is 5.78 Å². The molecule has 0 unspecified atom stereocenters. The van der Waals surface area contributed by atoms with Crippen LogP contribution in [0.25, 0.3) is 11.3 Å². The third-order valence-corrected chi connectivity index (χ3v) is 2.84. The van der Waals surface area contributed by atoms with Gasteiger partial charge in [-0.05, 0) is 31.0 Å². The number of ketones is 1. The summed E-state index contributed by atoms with van der Waals surface area (Å²) in [5.74, 6) is 1.07. The van der Waals surface area contributed by atoms with E-state index in [1.807, 2.05) is 19.9 Å². The van der Waals surface area contributed by atoms with E-state index in [0.29, 0.717) is 5.82 Å². The summed E-state index contributed by atoms with van der Waals surface area (Å²) in [5, 5.41) is 0. The van der Waals surface area contributed by atoms with Crippen LogP contribution < -0.4 is 4.74 Å². The number of methoxy groups -OCH3 is 1.